The smallest absolute Gasteiger partial charge is 0.133 e. The third-order valence-corrected chi connectivity index (χ3v) is 4.55. The van der Waals surface area contributed by atoms with E-state index >= 15 is 0 Å². The van der Waals surface area contributed by atoms with Gasteiger partial charge in [0.05, 0.1) is 0 Å². The van der Waals surface area contributed by atoms with Gasteiger partial charge < -0.3 is 4.90 Å². The summed E-state index contributed by atoms with van der Waals surface area (Å²) in [6.45, 7) is 9.16. The summed E-state index contributed by atoms with van der Waals surface area (Å²) < 4.78 is 0. The monoisotopic (exact) mass is 274 g/mol. The van der Waals surface area contributed by atoms with Crippen LogP contribution in [0.1, 0.15) is 51.3 Å². The average Bonchev–Trinajstić information content (AvgIpc) is 3.02. The van der Waals surface area contributed by atoms with Gasteiger partial charge in [0.15, 0.2) is 0 Å². The molecule has 0 radical (unpaired) electrons. The van der Waals surface area contributed by atoms with E-state index < -0.39 is 0 Å². The molecule has 20 heavy (non-hydrogen) atoms. The first-order valence-corrected chi connectivity index (χ1v) is 8.06. The van der Waals surface area contributed by atoms with Crippen molar-refractivity contribution >= 4 is 5.82 Å². The number of rotatable bonds is 3. The maximum absolute atomic E-state index is 4.75. The molecular weight excluding hydrogens is 248 g/mol. The van der Waals surface area contributed by atoms with Gasteiger partial charge in [0.25, 0.3) is 0 Å². The molecule has 0 amide bonds. The fourth-order valence-electron chi connectivity index (χ4n) is 3.39. The Balaban J connectivity index is 1.71. The van der Waals surface area contributed by atoms with Gasteiger partial charge in [0.2, 0.25) is 0 Å². The van der Waals surface area contributed by atoms with Gasteiger partial charge in [-0.3, -0.25) is 4.90 Å². The summed E-state index contributed by atoms with van der Waals surface area (Å²) in [5, 5.41) is 0. The molecule has 110 valence electrons. The molecule has 0 bridgehead atoms. The second kappa shape index (κ2) is 6.08. The van der Waals surface area contributed by atoms with E-state index in [0.29, 0.717) is 5.92 Å². The number of piperidine rings is 1. The lowest BCUT2D eigenvalue weighted by molar-refractivity contribution is 0.215. The van der Waals surface area contributed by atoms with Crippen molar-refractivity contribution in [1.29, 1.82) is 0 Å². The summed E-state index contributed by atoms with van der Waals surface area (Å²) in [5.74, 6) is 2.48. The number of hydrogen-bond donors (Lipinski definition) is 0. The Hall–Kier alpha value is -1.16. The van der Waals surface area contributed by atoms with Crippen LogP contribution in [0.15, 0.2) is 12.3 Å². The van der Waals surface area contributed by atoms with Crippen LogP contribution in [-0.4, -0.2) is 47.1 Å². The molecule has 2 aliphatic heterocycles. The first-order valence-electron chi connectivity index (χ1n) is 8.06. The fourth-order valence-corrected chi connectivity index (χ4v) is 3.39. The van der Waals surface area contributed by atoms with Crippen molar-refractivity contribution in [1.82, 2.24) is 14.9 Å². The van der Waals surface area contributed by atoms with Crippen LogP contribution < -0.4 is 4.90 Å². The molecule has 1 aromatic rings. The minimum absolute atomic E-state index is 0.397. The van der Waals surface area contributed by atoms with E-state index in [1.54, 1.807) is 0 Å². The van der Waals surface area contributed by atoms with Gasteiger partial charge in [0.1, 0.15) is 11.6 Å². The van der Waals surface area contributed by atoms with Gasteiger partial charge >= 0.3 is 0 Å². The van der Waals surface area contributed by atoms with E-state index in [0.717, 1.165) is 30.8 Å². The van der Waals surface area contributed by atoms with Gasteiger partial charge in [-0.2, -0.15) is 0 Å². The molecule has 2 saturated heterocycles. The fraction of sp³-hybridized carbons (Fsp3) is 0.750. The number of likely N-dealkylation sites (tertiary alicyclic amines) is 1. The average molecular weight is 274 g/mol. The zero-order valence-corrected chi connectivity index (χ0v) is 12.8. The summed E-state index contributed by atoms with van der Waals surface area (Å²) >= 11 is 0. The molecule has 1 atom stereocenters. The van der Waals surface area contributed by atoms with Crippen molar-refractivity contribution in [2.75, 3.05) is 31.1 Å². The predicted octanol–water partition coefficient (Wildman–Crippen LogP) is 2.66. The molecule has 2 aliphatic rings. The number of anilines is 1. The van der Waals surface area contributed by atoms with Gasteiger partial charge in [0, 0.05) is 31.2 Å². The van der Waals surface area contributed by atoms with Gasteiger partial charge in [-0.1, -0.05) is 13.8 Å². The normalized spacial score (nSPS) is 24.6. The summed E-state index contributed by atoms with van der Waals surface area (Å²) in [6.07, 6.45) is 7.29. The maximum Gasteiger partial charge on any atom is 0.133 e. The molecule has 0 spiro atoms. The van der Waals surface area contributed by atoms with E-state index in [-0.39, 0.29) is 0 Å². The van der Waals surface area contributed by atoms with Gasteiger partial charge in [-0.25, -0.2) is 9.97 Å². The van der Waals surface area contributed by atoms with Crippen LogP contribution in [-0.2, 0) is 0 Å². The van der Waals surface area contributed by atoms with Crippen molar-refractivity contribution < 1.29 is 0 Å². The predicted molar refractivity (Wildman–Crippen MR) is 82.2 cm³/mol. The second-order valence-electron chi connectivity index (χ2n) is 6.41. The highest BCUT2D eigenvalue weighted by Gasteiger charge is 2.27. The molecule has 0 saturated carbocycles. The lowest BCUT2D eigenvalue weighted by Crippen LogP contribution is -2.47. The van der Waals surface area contributed by atoms with Crippen LogP contribution in [0, 0.1) is 0 Å². The van der Waals surface area contributed by atoms with Crippen LogP contribution >= 0.6 is 0 Å². The third kappa shape index (κ3) is 2.95. The Labute approximate surface area is 122 Å². The van der Waals surface area contributed by atoms with Crippen molar-refractivity contribution in [3.05, 3.63) is 18.1 Å². The summed E-state index contributed by atoms with van der Waals surface area (Å²) in [4.78, 5) is 14.3. The van der Waals surface area contributed by atoms with Crippen LogP contribution in [0.3, 0.4) is 0 Å². The molecular formula is C16H26N4. The first kappa shape index (κ1) is 13.8. The Morgan fingerprint density at radius 1 is 1.15 bits per heavy atom. The van der Waals surface area contributed by atoms with Crippen molar-refractivity contribution in [2.45, 2.75) is 51.5 Å². The molecule has 0 aromatic carbocycles. The number of nitrogens with zero attached hydrogens (tertiary/aromatic N) is 4. The third-order valence-electron chi connectivity index (χ3n) is 4.55. The highest BCUT2D eigenvalue weighted by atomic mass is 15.3. The zero-order valence-electron chi connectivity index (χ0n) is 12.8. The van der Waals surface area contributed by atoms with E-state index in [1.807, 2.05) is 6.20 Å². The molecule has 0 aliphatic carbocycles. The van der Waals surface area contributed by atoms with Gasteiger partial charge in [-0.05, 0) is 44.8 Å². The topological polar surface area (TPSA) is 32.3 Å². The zero-order chi connectivity index (χ0) is 13.9. The van der Waals surface area contributed by atoms with E-state index in [9.17, 15) is 0 Å². The van der Waals surface area contributed by atoms with Crippen LogP contribution in [0.4, 0.5) is 5.82 Å². The highest BCUT2D eigenvalue weighted by molar-refractivity contribution is 5.38. The van der Waals surface area contributed by atoms with Crippen LogP contribution in [0.2, 0.25) is 0 Å². The number of aromatic nitrogens is 2. The molecule has 3 rings (SSSR count). The Morgan fingerprint density at radius 2 is 1.95 bits per heavy atom. The second-order valence-corrected chi connectivity index (χ2v) is 6.41. The maximum atomic E-state index is 4.75. The van der Waals surface area contributed by atoms with E-state index in [2.05, 4.69) is 34.7 Å². The lowest BCUT2D eigenvalue weighted by Gasteiger charge is -2.38. The Kier molecular flexibility index (Phi) is 4.20. The van der Waals surface area contributed by atoms with Crippen molar-refractivity contribution in [3.8, 4) is 0 Å². The van der Waals surface area contributed by atoms with Crippen LogP contribution in [0.5, 0.6) is 0 Å². The Morgan fingerprint density at radius 3 is 2.70 bits per heavy atom. The molecule has 1 unspecified atom stereocenters. The van der Waals surface area contributed by atoms with Gasteiger partial charge in [-0.15, -0.1) is 0 Å². The molecule has 0 N–H and O–H groups in total. The van der Waals surface area contributed by atoms with Crippen molar-refractivity contribution in [3.63, 3.8) is 0 Å². The SMILES string of the molecule is CC(C)c1nccc(N2CCCC(N3CCCC3)C2)n1. The minimum atomic E-state index is 0.397. The van der Waals surface area contributed by atoms with Crippen molar-refractivity contribution in [2.24, 2.45) is 0 Å². The summed E-state index contributed by atoms with van der Waals surface area (Å²) in [5.41, 5.74) is 0. The van der Waals surface area contributed by atoms with Crippen LogP contribution in [0.25, 0.3) is 0 Å². The molecule has 2 fully saturated rings. The molecule has 3 heterocycles. The first-order chi connectivity index (χ1) is 9.74. The van der Waals surface area contributed by atoms with E-state index in [4.69, 9.17) is 4.98 Å². The minimum Gasteiger partial charge on any atom is -0.355 e. The quantitative estimate of drug-likeness (QED) is 0.848. The molecule has 4 nitrogen and oxygen atoms in total. The Bertz CT molecular complexity index is 440. The summed E-state index contributed by atoms with van der Waals surface area (Å²) in [6, 6.07) is 2.79. The largest absolute Gasteiger partial charge is 0.355 e. The standard InChI is InChI=1S/C16H26N4/c1-13(2)16-17-8-7-15(18-16)20-11-5-6-14(12-20)19-9-3-4-10-19/h7-8,13-14H,3-6,9-12H2,1-2H3. The lowest BCUT2D eigenvalue weighted by atomic mass is 10.0. The molecule has 4 heteroatoms. The highest BCUT2D eigenvalue weighted by Crippen LogP contribution is 2.24. The van der Waals surface area contributed by atoms with E-state index in [1.165, 1.54) is 38.8 Å². The number of hydrogen-bond acceptors (Lipinski definition) is 4. The molecule has 1 aromatic heterocycles. The summed E-state index contributed by atoms with van der Waals surface area (Å²) in [7, 11) is 0.